The van der Waals surface area contributed by atoms with E-state index in [-0.39, 0.29) is 10.8 Å². The smallest absolute Gasteiger partial charge is 0.263 e. The minimum absolute atomic E-state index is 0.0802. The van der Waals surface area contributed by atoms with E-state index in [4.69, 9.17) is 4.74 Å². The Hall–Kier alpha value is -3.17. The van der Waals surface area contributed by atoms with Crippen LogP contribution in [0.25, 0.3) is 6.08 Å². The quantitative estimate of drug-likeness (QED) is 0.478. The number of hydrogen-bond acceptors (Lipinski definition) is 6. The highest BCUT2D eigenvalue weighted by Gasteiger charge is 2.15. The van der Waals surface area contributed by atoms with Crippen molar-refractivity contribution >= 4 is 44.2 Å². The summed E-state index contributed by atoms with van der Waals surface area (Å²) in [5.74, 6) is 0.468. The van der Waals surface area contributed by atoms with Gasteiger partial charge in [-0.15, -0.1) is 11.3 Å². The van der Waals surface area contributed by atoms with Crippen LogP contribution in [0, 0.1) is 0 Å². The molecular formula is C21H21N3O4S2. The number of carbonyl (C=O) groups is 1. The maximum absolute atomic E-state index is 12.3. The van der Waals surface area contributed by atoms with Crippen molar-refractivity contribution in [3.8, 4) is 5.75 Å². The molecule has 0 aliphatic carbocycles. The third-order valence-electron chi connectivity index (χ3n) is 3.87. The number of thiazole rings is 1. The number of sulfonamides is 1. The molecule has 9 heteroatoms. The van der Waals surface area contributed by atoms with Crippen LogP contribution in [-0.4, -0.2) is 25.9 Å². The molecule has 1 heterocycles. The number of aromatic nitrogens is 1. The standard InChI is InChI=1S/C21H21N3O4S2/c1-2-14-28-18-8-3-16(4-9-18)5-12-20(25)23-17-6-10-19(11-7-17)30(26,27)24-21-22-13-15-29-21/h3-13,15H,2,14H2,1H3,(H,22,24)(H,23,25)/b12-5+. The molecule has 0 aliphatic heterocycles. The van der Waals surface area contributed by atoms with Crippen LogP contribution in [0.2, 0.25) is 0 Å². The molecule has 0 radical (unpaired) electrons. The van der Waals surface area contributed by atoms with Crippen LogP contribution in [0.1, 0.15) is 18.9 Å². The summed E-state index contributed by atoms with van der Waals surface area (Å²) in [6.45, 7) is 2.71. The van der Waals surface area contributed by atoms with Crippen LogP contribution in [0.15, 0.2) is 71.1 Å². The molecule has 0 bridgehead atoms. The summed E-state index contributed by atoms with van der Waals surface area (Å²) in [6, 6.07) is 13.3. The molecular weight excluding hydrogens is 422 g/mol. The Balaban J connectivity index is 1.57. The topological polar surface area (TPSA) is 97.4 Å². The molecule has 0 saturated heterocycles. The van der Waals surface area contributed by atoms with E-state index in [9.17, 15) is 13.2 Å². The lowest BCUT2D eigenvalue weighted by Crippen LogP contribution is -2.13. The highest BCUT2D eigenvalue weighted by molar-refractivity contribution is 7.93. The molecule has 30 heavy (non-hydrogen) atoms. The largest absolute Gasteiger partial charge is 0.494 e. The summed E-state index contributed by atoms with van der Waals surface area (Å²) in [4.78, 5) is 16.1. The Bertz CT molecular complexity index is 1090. The number of anilines is 2. The zero-order valence-corrected chi connectivity index (χ0v) is 17.9. The van der Waals surface area contributed by atoms with Gasteiger partial charge in [-0.25, -0.2) is 13.4 Å². The van der Waals surface area contributed by atoms with Gasteiger partial charge in [-0.3, -0.25) is 9.52 Å². The molecule has 0 saturated carbocycles. The van der Waals surface area contributed by atoms with Crippen LogP contribution in [0.3, 0.4) is 0 Å². The first kappa shape index (κ1) is 21.5. The first-order valence-electron chi connectivity index (χ1n) is 9.20. The van der Waals surface area contributed by atoms with Gasteiger partial charge in [0.05, 0.1) is 11.5 Å². The van der Waals surface area contributed by atoms with Gasteiger partial charge in [-0.1, -0.05) is 19.1 Å². The van der Waals surface area contributed by atoms with Gasteiger partial charge < -0.3 is 10.1 Å². The van der Waals surface area contributed by atoms with Gasteiger partial charge in [-0.2, -0.15) is 0 Å². The molecule has 3 aromatic rings. The summed E-state index contributed by atoms with van der Waals surface area (Å²) < 4.78 is 32.6. The second-order valence-electron chi connectivity index (χ2n) is 6.21. The number of benzene rings is 2. The summed E-state index contributed by atoms with van der Waals surface area (Å²) in [5, 5.41) is 4.67. The number of nitrogens with zero attached hydrogens (tertiary/aromatic N) is 1. The third-order valence-corrected chi connectivity index (χ3v) is 6.04. The van der Waals surface area contributed by atoms with Gasteiger partial charge in [-0.05, 0) is 54.5 Å². The van der Waals surface area contributed by atoms with E-state index in [2.05, 4.69) is 15.0 Å². The maximum atomic E-state index is 12.3. The average molecular weight is 444 g/mol. The van der Waals surface area contributed by atoms with Crippen molar-refractivity contribution in [2.75, 3.05) is 16.6 Å². The first-order chi connectivity index (χ1) is 14.5. The van der Waals surface area contributed by atoms with E-state index >= 15 is 0 Å². The summed E-state index contributed by atoms with van der Waals surface area (Å²) >= 11 is 1.19. The summed E-state index contributed by atoms with van der Waals surface area (Å²) in [7, 11) is -3.72. The Labute approximate surface area is 179 Å². The van der Waals surface area contributed by atoms with Gasteiger partial charge >= 0.3 is 0 Å². The molecule has 7 nitrogen and oxygen atoms in total. The van der Waals surface area contributed by atoms with Crippen LogP contribution < -0.4 is 14.8 Å². The first-order valence-corrected chi connectivity index (χ1v) is 11.6. The number of nitrogens with one attached hydrogen (secondary N) is 2. The fraction of sp³-hybridized carbons (Fsp3) is 0.143. The number of amides is 1. The van der Waals surface area contributed by atoms with Crippen molar-refractivity contribution in [3.05, 3.63) is 71.7 Å². The predicted molar refractivity (Wildman–Crippen MR) is 119 cm³/mol. The minimum atomic E-state index is -3.72. The van der Waals surface area contributed by atoms with Gasteiger partial charge in [0.1, 0.15) is 5.75 Å². The average Bonchev–Trinajstić information content (AvgIpc) is 3.24. The Morgan fingerprint density at radius 3 is 2.50 bits per heavy atom. The normalized spacial score (nSPS) is 11.4. The van der Waals surface area contributed by atoms with Gasteiger partial charge in [0.25, 0.3) is 10.0 Å². The zero-order chi connectivity index (χ0) is 21.4. The van der Waals surface area contributed by atoms with E-state index in [0.29, 0.717) is 17.4 Å². The third kappa shape index (κ3) is 6.16. The Kier molecular flexibility index (Phi) is 7.21. The minimum Gasteiger partial charge on any atom is -0.494 e. The highest BCUT2D eigenvalue weighted by atomic mass is 32.2. The highest BCUT2D eigenvalue weighted by Crippen LogP contribution is 2.19. The van der Waals surface area contributed by atoms with Crippen molar-refractivity contribution < 1.29 is 17.9 Å². The van der Waals surface area contributed by atoms with Gasteiger partial charge in [0, 0.05) is 23.3 Å². The molecule has 0 spiro atoms. The number of hydrogen-bond donors (Lipinski definition) is 2. The fourth-order valence-electron chi connectivity index (χ4n) is 2.42. The van der Waals surface area contributed by atoms with E-state index in [1.807, 2.05) is 31.2 Å². The van der Waals surface area contributed by atoms with Gasteiger partial charge in [0.2, 0.25) is 5.91 Å². The molecule has 3 rings (SSSR count). The lowest BCUT2D eigenvalue weighted by atomic mass is 10.2. The number of carbonyl (C=O) groups excluding carboxylic acids is 1. The van der Waals surface area contributed by atoms with Crippen molar-refractivity contribution in [1.82, 2.24) is 4.98 Å². The van der Waals surface area contributed by atoms with Crippen LogP contribution in [-0.2, 0) is 14.8 Å². The molecule has 0 aliphatic rings. The lowest BCUT2D eigenvalue weighted by molar-refractivity contribution is -0.111. The maximum Gasteiger partial charge on any atom is 0.263 e. The van der Waals surface area contributed by atoms with E-state index in [0.717, 1.165) is 17.7 Å². The van der Waals surface area contributed by atoms with Crippen molar-refractivity contribution in [2.24, 2.45) is 0 Å². The molecule has 2 N–H and O–H groups in total. The second-order valence-corrected chi connectivity index (χ2v) is 8.78. The zero-order valence-electron chi connectivity index (χ0n) is 16.2. The van der Waals surface area contributed by atoms with Crippen molar-refractivity contribution in [1.29, 1.82) is 0 Å². The monoisotopic (exact) mass is 443 g/mol. The molecule has 0 atom stereocenters. The SMILES string of the molecule is CCCOc1ccc(/C=C/C(=O)Nc2ccc(S(=O)(=O)Nc3nccs3)cc2)cc1. The Morgan fingerprint density at radius 2 is 1.87 bits per heavy atom. The molecule has 0 fully saturated rings. The van der Waals surface area contributed by atoms with Crippen LogP contribution in [0.5, 0.6) is 5.75 Å². The van der Waals surface area contributed by atoms with E-state index < -0.39 is 10.0 Å². The van der Waals surface area contributed by atoms with Crippen LogP contribution >= 0.6 is 11.3 Å². The lowest BCUT2D eigenvalue weighted by Gasteiger charge is -2.07. The van der Waals surface area contributed by atoms with E-state index in [1.165, 1.54) is 47.9 Å². The summed E-state index contributed by atoms with van der Waals surface area (Å²) in [6.07, 6.45) is 5.56. The van der Waals surface area contributed by atoms with Crippen LogP contribution in [0.4, 0.5) is 10.8 Å². The second kappa shape index (κ2) is 10.0. The number of ether oxygens (including phenoxy) is 1. The molecule has 1 amide bonds. The molecule has 156 valence electrons. The molecule has 2 aromatic carbocycles. The summed E-state index contributed by atoms with van der Waals surface area (Å²) in [5.41, 5.74) is 1.35. The van der Waals surface area contributed by atoms with E-state index in [1.54, 1.807) is 11.5 Å². The predicted octanol–water partition coefficient (Wildman–Crippen LogP) is 4.38. The number of rotatable bonds is 9. The fourth-order valence-corrected chi connectivity index (χ4v) is 4.20. The van der Waals surface area contributed by atoms with Gasteiger partial charge in [0.15, 0.2) is 5.13 Å². The molecule has 1 aromatic heterocycles. The molecule has 0 unspecified atom stereocenters. The van der Waals surface area contributed by atoms with Crippen molar-refractivity contribution in [2.45, 2.75) is 18.2 Å². The Morgan fingerprint density at radius 1 is 1.13 bits per heavy atom. The van der Waals surface area contributed by atoms with Crippen molar-refractivity contribution in [3.63, 3.8) is 0 Å².